The van der Waals surface area contributed by atoms with Crippen LogP contribution >= 0.6 is 0 Å². The molecule has 1 aromatic carbocycles. The van der Waals surface area contributed by atoms with E-state index >= 15 is 0 Å². The van der Waals surface area contributed by atoms with Gasteiger partial charge in [0.05, 0.1) is 12.7 Å². The minimum atomic E-state index is 0.561. The topological polar surface area (TPSA) is 54.2 Å². The molecule has 1 saturated carbocycles. The van der Waals surface area contributed by atoms with Gasteiger partial charge in [0.15, 0.2) is 5.96 Å². The molecule has 0 atom stereocenters. The van der Waals surface area contributed by atoms with E-state index in [-0.39, 0.29) is 0 Å². The molecule has 2 aromatic rings. The second-order valence-corrected chi connectivity index (χ2v) is 6.44. The van der Waals surface area contributed by atoms with Crippen molar-refractivity contribution >= 4 is 5.96 Å². The summed E-state index contributed by atoms with van der Waals surface area (Å²) in [6.07, 6.45) is 10.5. The van der Waals surface area contributed by atoms with Crippen molar-refractivity contribution in [3.05, 3.63) is 53.9 Å². The summed E-state index contributed by atoms with van der Waals surface area (Å²) < 4.78 is 1.98. The first-order valence-electron chi connectivity index (χ1n) is 8.86. The smallest absolute Gasteiger partial charge is 0.191 e. The number of aliphatic imine (C=N–C) groups is 1. The minimum absolute atomic E-state index is 0.561. The SMILES string of the molecule is CN=C(NCc1cnn(Cc2ccccc2)c1)NC1CCCCC1. The summed E-state index contributed by atoms with van der Waals surface area (Å²) in [6.45, 7) is 1.54. The van der Waals surface area contributed by atoms with Gasteiger partial charge in [0, 0.05) is 31.4 Å². The van der Waals surface area contributed by atoms with E-state index in [1.54, 1.807) is 0 Å². The summed E-state index contributed by atoms with van der Waals surface area (Å²) in [5, 5.41) is 11.4. The van der Waals surface area contributed by atoms with Crippen molar-refractivity contribution in [1.82, 2.24) is 20.4 Å². The van der Waals surface area contributed by atoms with Crippen LogP contribution < -0.4 is 10.6 Å². The van der Waals surface area contributed by atoms with Crippen molar-refractivity contribution in [3.8, 4) is 0 Å². The molecule has 24 heavy (non-hydrogen) atoms. The Hall–Kier alpha value is -2.30. The Labute approximate surface area is 144 Å². The van der Waals surface area contributed by atoms with E-state index in [2.05, 4.69) is 51.2 Å². The van der Waals surface area contributed by atoms with Gasteiger partial charge in [-0.05, 0) is 18.4 Å². The van der Waals surface area contributed by atoms with Crippen molar-refractivity contribution in [2.24, 2.45) is 4.99 Å². The zero-order chi connectivity index (χ0) is 16.6. The van der Waals surface area contributed by atoms with E-state index in [0.717, 1.165) is 24.6 Å². The standard InChI is InChI=1S/C19H27N5/c1-20-19(23-18-10-6-3-7-11-18)21-12-17-13-22-24(15-17)14-16-8-4-2-5-9-16/h2,4-5,8-9,13,15,18H,3,6-7,10-12,14H2,1H3,(H2,20,21,23). The molecule has 0 amide bonds. The fraction of sp³-hybridized carbons (Fsp3) is 0.474. The maximum atomic E-state index is 4.45. The summed E-state index contributed by atoms with van der Waals surface area (Å²) >= 11 is 0. The quantitative estimate of drug-likeness (QED) is 0.656. The highest BCUT2D eigenvalue weighted by atomic mass is 15.3. The molecular formula is C19H27N5. The van der Waals surface area contributed by atoms with Crippen LogP contribution in [0.4, 0.5) is 0 Å². The lowest BCUT2D eigenvalue weighted by Crippen LogP contribution is -2.43. The Bertz CT molecular complexity index is 641. The largest absolute Gasteiger partial charge is 0.354 e. The molecule has 0 saturated heterocycles. The van der Waals surface area contributed by atoms with Crippen LogP contribution in [0.5, 0.6) is 0 Å². The van der Waals surface area contributed by atoms with Gasteiger partial charge in [-0.3, -0.25) is 9.67 Å². The van der Waals surface area contributed by atoms with Crippen LogP contribution in [0.25, 0.3) is 0 Å². The van der Waals surface area contributed by atoms with Crippen LogP contribution in [0.1, 0.15) is 43.2 Å². The number of hydrogen-bond donors (Lipinski definition) is 2. The highest BCUT2D eigenvalue weighted by Crippen LogP contribution is 2.17. The highest BCUT2D eigenvalue weighted by Gasteiger charge is 2.14. The molecule has 3 rings (SSSR count). The Morgan fingerprint density at radius 2 is 1.96 bits per heavy atom. The zero-order valence-corrected chi connectivity index (χ0v) is 14.4. The van der Waals surface area contributed by atoms with Crippen LogP contribution in [0.2, 0.25) is 0 Å². The lowest BCUT2D eigenvalue weighted by atomic mass is 9.96. The Balaban J connectivity index is 1.49. The van der Waals surface area contributed by atoms with Crippen LogP contribution in [-0.4, -0.2) is 28.8 Å². The van der Waals surface area contributed by atoms with Crippen molar-refractivity contribution < 1.29 is 0 Å². The first-order chi connectivity index (χ1) is 11.8. The highest BCUT2D eigenvalue weighted by molar-refractivity contribution is 5.79. The third-order valence-electron chi connectivity index (χ3n) is 4.50. The van der Waals surface area contributed by atoms with Gasteiger partial charge in [-0.2, -0.15) is 5.10 Å². The second-order valence-electron chi connectivity index (χ2n) is 6.44. The van der Waals surface area contributed by atoms with Crippen LogP contribution in [0.15, 0.2) is 47.7 Å². The van der Waals surface area contributed by atoms with Gasteiger partial charge in [0.2, 0.25) is 0 Å². The summed E-state index contributed by atoms with van der Waals surface area (Å²) in [4.78, 5) is 4.34. The maximum absolute atomic E-state index is 4.45. The van der Waals surface area contributed by atoms with E-state index in [0.29, 0.717) is 6.04 Å². The van der Waals surface area contributed by atoms with E-state index in [1.807, 2.05) is 24.0 Å². The molecule has 128 valence electrons. The van der Waals surface area contributed by atoms with E-state index < -0.39 is 0 Å². The van der Waals surface area contributed by atoms with Gasteiger partial charge in [-0.25, -0.2) is 0 Å². The van der Waals surface area contributed by atoms with E-state index in [9.17, 15) is 0 Å². The van der Waals surface area contributed by atoms with Gasteiger partial charge < -0.3 is 10.6 Å². The fourth-order valence-electron chi connectivity index (χ4n) is 3.18. The van der Waals surface area contributed by atoms with E-state index in [4.69, 9.17) is 0 Å². The number of hydrogen-bond acceptors (Lipinski definition) is 2. The van der Waals surface area contributed by atoms with E-state index in [1.165, 1.54) is 37.7 Å². The summed E-state index contributed by atoms with van der Waals surface area (Å²) in [5.74, 6) is 0.887. The number of benzene rings is 1. The summed E-state index contributed by atoms with van der Waals surface area (Å²) in [7, 11) is 1.83. The molecule has 0 aliphatic heterocycles. The van der Waals surface area contributed by atoms with Crippen LogP contribution in [0, 0.1) is 0 Å². The first-order valence-corrected chi connectivity index (χ1v) is 8.86. The second kappa shape index (κ2) is 8.52. The molecule has 5 nitrogen and oxygen atoms in total. The lowest BCUT2D eigenvalue weighted by molar-refractivity contribution is 0.410. The third-order valence-corrected chi connectivity index (χ3v) is 4.50. The number of rotatable bonds is 5. The first kappa shape index (κ1) is 16.6. The van der Waals surface area contributed by atoms with Gasteiger partial charge in [0.25, 0.3) is 0 Å². The molecule has 0 radical (unpaired) electrons. The fourth-order valence-corrected chi connectivity index (χ4v) is 3.18. The van der Waals surface area contributed by atoms with Crippen molar-refractivity contribution in [1.29, 1.82) is 0 Å². The molecule has 1 fully saturated rings. The lowest BCUT2D eigenvalue weighted by Gasteiger charge is -2.24. The molecule has 1 aliphatic carbocycles. The van der Waals surface area contributed by atoms with Crippen LogP contribution in [0.3, 0.4) is 0 Å². The molecule has 1 aromatic heterocycles. The zero-order valence-electron chi connectivity index (χ0n) is 14.4. The molecule has 0 unspecified atom stereocenters. The van der Waals surface area contributed by atoms with Crippen molar-refractivity contribution in [2.75, 3.05) is 7.05 Å². The number of aromatic nitrogens is 2. The Morgan fingerprint density at radius 1 is 1.17 bits per heavy atom. The predicted octanol–water partition coefficient (Wildman–Crippen LogP) is 2.93. The predicted molar refractivity (Wildman–Crippen MR) is 98.0 cm³/mol. The molecule has 1 aliphatic rings. The van der Waals surface area contributed by atoms with Gasteiger partial charge in [-0.1, -0.05) is 49.6 Å². The average molecular weight is 325 g/mol. The van der Waals surface area contributed by atoms with Crippen molar-refractivity contribution in [2.45, 2.75) is 51.2 Å². The van der Waals surface area contributed by atoms with Gasteiger partial charge in [0.1, 0.15) is 0 Å². The van der Waals surface area contributed by atoms with Crippen LogP contribution in [-0.2, 0) is 13.1 Å². The maximum Gasteiger partial charge on any atom is 0.191 e. The normalized spacial score (nSPS) is 16.1. The van der Waals surface area contributed by atoms with Gasteiger partial charge >= 0.3 is 0 Å². The molecule has 5 heteroatoms. The Morgan fingerprint density at radius 3 is 2.71 bits per heavy atom. The van der Waals surface area contributed by atoms with Gasteiger partial charge in [-0.15, -0.1) is 0 Å². The molecular weight excluding hydrogens is 298 g/mol. The monoisotopic (exact) mass is 325 g/mol. The van der Waals surface area contributed by atoms with Crippen molar-refractivity contribution in [3.63, 3.8) is 0 Å². The minimum Gasteiger partial charge on any atom is -0.354 e. The molecule has 1 heterocycles. The molecule has 0 bridgehead atoms. The third kappa shape index (κ3) is 4.85. The summed E-state index contributed by atoms with van der Waals surface area (Å²) in [5.41, 5.74) is 2.42. The number of nitrogens with zero attached hydrogens (tertiary/aromatic N) is 3. The average Bonchev–Trinajstić information content (AvgIpc) is 3.07. The number of nitrogens with one attached hydrogen (secondary N) is 2. The molecule has 0 spiro atoms. The molecule has 2 N–H and O–H groups in total. The summed E-state index contributed by atoms with van der Waals surface area (Å²) in [6, 6.07) is 11.0. The number of guanidine groups is 1. The Kier molecular flexibility index (Phi) is 5.88.